The Hall–Kier alpha value is -6.25. The molecule has 51 heavy (non-hydrogen) atoms. The molecule has 0 saturated heterocycles. The van der Waals surface area contributed by atoms with E-state index in [1.54, 1.807) is 36.4 Å². The van der Waals surface area contributed by atoms with Crippen LogP contribution in [0.3, 0.4) is 0 Å². The highest BCUT2D eigenvalue weighted by atomic mass is 16.2. The molecular weight excluding hydrogens is 635 g/mol. The van der Waals surface area contributed by atoms with Crippen molar-refractivity contribution in [1.82, 2.24) is 15.0 Å². The van der Waals surface area contributed by atoms with Gasteiger partial charge < -0.3 is 15.6 Å². The molecule has 3 aromatic heterocycles. The maximum atomic E-state index is 12.9. The molecule has 10 bridgehead atoms. The predicted molar refractivity (Wildman–Crippen MR) is 200 cm³/mol. The quantitative estimate of drug-likeness (QED) is 0.179. The smallest absolute Gasteiger partial charge is 0.225 e. The lowest BCUT2D eigenvalue weighted by Gasteiger charge is -2.33. The summed E-state index contributed by atoms with van der Waals surface area (Å²) in [5.41, 5.74) is 5.70. The van der Waals surface area contributed by atoms with E-state index in [9.17, 15) is 14.4 Å². The van der Waals surface area contributed by atoms with E-state index < -0.39 is 0 Å². The number of pyridine rings is 3. The topological polar surface area (TPSA) is 117 Å². The second-order valence-corrected chi connectivity index (χ2v) is 13.4. The van der Waals surface area contributed by atoms with E-state index in [4.69, 9.17) is 0 Å². The van der Waals surface area contributed by atoms with Crippen molar-refractivity contribution in [2.24, 2.45) is 5.92 Å². The number of aromatic nitrogens is 3. The van der Waals surface area contributed by atoms with Gasteiger partial charge in [-0.1, -0.05) is 81.4 Å². The van der Waals surface area contributed by atoms with Crippen LogP contribution in [-0.4, -0.2) is 26.8 Å². The van der Waals surface area contributed by atoms with E-state index in [-0.39, 0.29) is 22.7 Å². The monoisotopic (exact) mass is 673 g/mol. The van der Waals surface area contributed by atoms with Crippen LogP contribution in [0.25, 0.3) is 0 Å². The van der Waals surface area contributed by atoms with E-state index in [0.717, 1.165) is 17.5 Å². The number of hydrogen-bond acceptors (Lipinski definition) is 5. The molecule has 0 unspecified atom stereocenters. The first-order chi connectivity index (χ1) is 24.6. The number of anilines is 2. The third-order valence-corrected chi connectivity index (χ3v) is 8.81. The highest BCUT2D eigenvalue weighted by molar-refractivity contribution is 5.90. The zero-order valence-corrected chi connectivity index (χ0v) is 29.0. The van der Waals surface area contributed by atoms with Gasteiger partial charge in [-0.05, 0) is 95.4 Å². The van der Waals surface area contributed by atoms with Crippen molar-refractivity contribution in [3.63, 3.8) is 0 Å². The van der Waals surface area contributed by atoms with Crippen LogP contribution in [0.1, 0.15) is 85.1 Å². The van der Waals surface area contributed by atoms with Crippen LogP contribution in [0.2, 0.25) is 0 Å². The molecule has 8 heteroatoms. The Kier molecular flexibility index (Phi) is 10.5. The lowest BCUT2D eigenvalue weighted by molar-refractivity contribution is -0.117. The number of nitrogens with zero attached hydrogens (tertiary/aromatic N) is 2. The Morgan fingerprint density at radius 3 is 1.51 bits per heavy atom. The molecule has 0 saturated carbocycles. The Bertz CT molecular complexity index is 2100. The normalized spacial score (nSPS) is 14.4. The zero-order valence-electron chi connectivity index (χ0n) is 29.0. The van der Waals surface area contributed by atoms with Gasteiger partial charge in [-0.2, -0.15) is 0 Å². The number of benzene rings is 2. The fourth-order valence-electron chi connectivity index (χ4n) is 6.31. The molecule has 8 nitrogen and oxygen atoms in total. The average Bonchev–Trinajstić information content (AvgIpc) is 3.11. The molecule has 0 atom stereocenters. The van der Waals surface area contributed by atoms with Gasteiger partial charge in [0.25, 0.3) is 0 Å². The number of rotatable bonds is 2. The van der Waals surface area contributed by atoms with Crippen LogP contribution in [-0.2, 0) is 27.8 Å². The maximum Gasteiger partial charge on any atom is 0.225 e. The van der Waals surface area contributed by atoms with E-state index in [1.807, 2.05) is 0 Å². The summed E-state index contributed by atoms with van der Waals surface area (Å²) in [6.45, 7) is 6.76. The van der Waals surface area contributed by atoms with Crippen molar-refractivity contribution in [2.45, 2.75) is 58.3 Å². The van der Waals surface area contributed by atoms with E-state index in [1.165, 1.54) is 23.3 Å². The van der Waals surface area contributed by atoms with Crippen molar-refractivity contribution >= 4 is 23.5 Å². The Morgan fingerprint density at radius 1 is 0.627 bits per heavy atom. The van der Waals surface area contributed by atoms with Gasteiger partial charge in [0.05, 0.1) is 11.4 Å². The number of aryl methyl sites for hydroxylation is 2. The molecule has 254 valence electrons. The molecule has 8 rings (SSSR count). The maximum absolute atomic E-state index is 12.9. The van der Waals surface area contributed by atoms with Crippen LogP contribution < -0.4 is 16.1 Å². The first kappa shape index (κ1) is 34.6. The second kappa shape index (κ2) is 15.5. The van der Waals surface area contributed by atoms with Gasteiger partial charge in [0.15, 0.2) is 5.43 Å². The summed E-state index contributed by atoms with van der Waals surface area (Å²) in [5, 5.41) is 5.76. The van der Waals surface area contributed by atoms with E-state index in [0.29, 0.717) is 66.0 Å². The molecular formula is C43H39N5O3. The highest BCUT2D eigenvalue weighted by Gasteiger charge is 2.30. The number of nitrogens with one attached hydrogen (secondary N) is 3. The molecule has 3 aliphatic rings. The Balaban J connectivity index is 1.31. The van der Waals surface area contributed by atoms with E-state index in [2.05, 4.69) is 119 Å². The van der Waals surface area contributed by atoms with Crippen LogP contribution in [0.4, 0.5) is 11.6 Å². The van der Waals surface area contributed by atoms with Gasteiger partial charge in [0.2, 0.25) is 11.8 Å². The molecule has 3 N–H and O–H groups in total. The third kappa shape index (κ3) is 9.26. The summed E-state index contributed by atoms with van der Waals surface area (Å²) >= 11 is 0. The number of carbonyl (C=O) groups excluding carboxylic acids is 2. The van der Waals surface area contributed by atoms with Gasteiger partial charge in [0, 0.05) is 30.4 Å². The van der Waals surface area contributed by atoms with Crippen molar-refractivity contribution < 1.29 is 9.59 Å². The second-order valence-electron chi connectivity index (χ2n) is 13.4. The van der Waals surface area contributed by atoms with Crippen LogP contribution >= 0.6 is 0 Å². The van der Waals surface area contributed by atoms with Gasteiger partial charge in [-0.3, -0.25) is 14.4 Å². The minimum atomic E-state index is -0.259. The molecule has 3 aliphatic heterocycles. The number of H-pyrrole nitrogens is 1. The fourth-order valence-corrected chi connectivity index (χ4v) is 6.31. The Morgan fingerprint density at radius 2 is 1.08 bits per heavy atom. The first-order valence-electron chi connectivity index (χ1n) is 17.1. The summed E-state index contributed by atoms with van der Waals surface area (Å²) in [5.74, 6) is 12.8. The van der Waals surface area contributed by atoms with Gasteiger partial charge >= 0.3 is 0 Å². The molecule has 0 spiro atoms. The summed E-state index contributed by atoms with van der Waals surface area (Å²) in [7, 11) is 0. The highest BCUT2D eigenvalue weighted by Crippen LogP contribution is 2.38. The van der Waals surface area contributed by atoms with Crippen LogP contribution in [0, 0.1) is 29.6 Å². The van der Waals surface area contributed by atoms with Crippen LogP contribution in [0.5, 0.6) is 0 Å². The lowest BCUT2D eigenvalue weighted by Crippen LogP contribution is -2.26. The largest absolute Gasteiger partial charge is 0.341 e. The number of aromatic amines is 1. The minimum Gasteiger partial charge on any atom is -0.341 e. The number of amides is 2. The summed E-state index contributed by atoms with van der Waals surface area (Å²) in [4.78, 5) is 50.2. The fraction of sp³-hybridized carbons (Fsp3) is 0.233. The van der Waals surface area contributed by atoms with Crippen molar-refractivity contribution in [3.05, 3.63) is 152 Å². The molecule has 2 aromatic carbocycles. The average molecular weight is 674 g/mol. The van der Waals surface area contributed by atoms with Gasteiger partial charge in [-0.25, -0.2) is 9.97 Å². The third-order valence-electron chi connectivity index (χ3n) is 8.81. The van der Waals surface area contributed by atoms with Crippen LogP contribution in [0.15, 0.2) is 102 Å². The van der Waals surface area contributed by atoms with E-state index >= 15 is 0 Å². The van der Waals surface area contributed by atoms with Crippen molar-refractivity contribution in [2.75, 3.05) is 10.6 Å². The molecule has 6 heterocycles. The molecule has 0 fully saturated rings. The molecule has 5 aromatic rings. The molecule has 0 aliphatic carbocycles. The van der Waals surface area contributed by atoms with Crippen molar-refractivity contribution in [3.8, 4) is 23.7 Å². The number of hydrogen-bond donors (Lipinski definition) is 3. The summed E-state index contributed by atoms with van der Waals surface area (Å²) < 4.78 is 0. The molecule has 0 radical (unpaired) electrons. The lowest BCUT2D eigenvalue weighted by atomic mass is 9.71. The van der Waals surface area contributed by atoms with Gasteiger partial charge in [-0.15, -0.1) is 0 Å². The standard InChI is InChI=1S/C43H39N5O3/c1-29(2)28-43(3)32-16-10-30(11-17-32)14-24-41(50)47-39-8-4-6-34(45-39)20-22-36-26-38(49)27-37(44-36)23-21-35-7-5-9-40(46-35)48-42(51)25-15-31-12-18-33(43)19-13-31/h4-13,16-19,26-27,29H,14-15,24-25,28H2,1-3H3,(H,44,49)(H,45,47,50)(H,46,48,51). The SMILES string of the molecule is CC(C)CC1(C)c2ccc(cc2)CCC(=O)Nc2cccc(n2)C#Cc2cc(=O)cc([nH]2)C#Cc2cccc(n2)NC(=O)CCc2ccc1cc2. The minimum absolute atomic E-state index is 0.144. The van der Waals surface area contributed by atoms with Gasteiger partial charge in [0.1, 0.15) is 23.0 Å². The summed E-state index contributed by atoms with van der Waals surface area (Å²) in [6, 6.07) is 30.3. The first-order valence-corrected chi connectivity index (χ1v) is 17.1. The predicted octanol–water partition coefficient (Wildman–Crippen LogP) is 6.77. The molecule has 2 amide bonds. The summed E-state index contributed by atoms with van der Waals surface area (Å²) in [6.07, 6.45) is 2.74. The zero-order chi connectivity index (χ0) is 35.8. The van der Waals surface area contributed by atoms with Crippen molar-refractivity contribution in [1.29, 1.82) is 0 Å². The Labute approximate surface area is 298 Å². The number of fused-ring (bicyclic) bond motifs is 2. The number of carbonyl (C=O) groups is 2.